The van der Waals surface area contributed by atoms with Gasteiger partial charge in [0.05, 0.1) is 11.1 Å². The van der Waals surface area contributed by atoms with E-state index in [-0.39, 0.29) is 17.9 Å². The van der Waals surface area contributed by atoms with E-state index in [2.05, 4.69) is 15.6 Å². The molecule has 1 aromatic carbocycles. The Labute approximate surface area is 148 Å². The van der Waals surface area contributed by atoms with Crippen molar-refractivity contribution >= 4 is 23.2 Å². The maximum Gasteiger partial charge on any atom is 0.257 e. The van der Waals surface area contributed by atoms with E-state index in [0.29, 0.717) is 16.8 Å². The van der Waals surface area contributed by atoms with Crippen molar-refractivity contribution in [3.05, 3.63) is 53.9 Å². The standard InChI is InChI=1S/C19H24N4O2/c1-5-13(2)21-18(24)14-10-15(12-20-11-14)19(25)22-16-6-8-17(9-7-16)23(3)4/h6-13H,5H2,1-4H3,(H,21,24)(H,22,25). The minimum Gasteiger partial charge on any atom is -0.378 e. The summed E-state index contributed by atoms with van der Waals surface area (Å²) in [6.07, 6.45) is 3.74. The molecule has 2 aromatic rings. The number of aromatic nitrogens is 1. The summed E-state index contributed by atoms with van der Waals surface area (Å²) in [6, 6.07) is 9.13. The monoisotopic (exact) mass is 340 g/mol. The van der Waals surface area contributed by atoms with Crippen LogP contribution >= 0.6 is 0 Å². The van der Waals surface area contributed by atoms with Crippen molar-refractivity contribution in [2.45, 2.75) is 26.3 Å². The van der Waals surface area contributed by atoms with Crippen LogP contribution in [-0.4, -0.2) is 36.9 Å². The van der Waals surface area contributed by atoms with Crippen LogP contribution in [0.4, 0.5) is 11.4 Å². The van der Waals surface area contributed by atoms with E-state index in [0.717, 1.165) is 12.1 Å². The molecule has 25 heavy (non-hydrogen) atoms. The molecule has 0 saturated carbocycles. The van der Waals surface area contributed by atoms with Crippen LogP contribution < -0.4 is 15.5 Å². The van der Waals surface area contributed by atoms with Gasteiger partial charge in [-0.1, -0.05) is 6.92 Å². The van der Waals surface area contributed by atoms with Crippen LogP contribution in [0.3, 0.4) is 0 Å². The quantitative estimate of drug-likeness (QED) is 0.848. The van der Waals surface area contributed by atoms with Gasteiger partial charge in [0.1, 0.15) is 0 Å². The Morgan fingerprint density at radius 1 is 1.08 bits per heavy atom. The zero-order valence-electron chi connectivity index (χ0n) is 15.0. The zero-order valence-corrected chi connectivity index (χ0v) is 15.0. The van der Waals surface area contributed by atoms with Gasteiger partial charge in [-0.3, -0.25) is 14.6 Å². The average Bonchev–Trinajstić information content (AvgIpc) is 2.62. The number of rotatable bonds is 6. The molecule has 6 heteroatoms. The fourth-order valence-electron chi connectivity index (χ4n) is 2.14. The molecule has 2 N–H and O–H groups in total. The van der Waals surface area contributed by atoms with E-state index in [1.807, 2.05) is 57.1 Å². The number of nitrogens with zero attached hydrogens (tertiary/aromatic N) is 2. The van der Waals surface area contributed by atoms with Gasteiger partial charge in [-0.05, 0) is 43.7 Å². The Balaban J connectivity index is 2.09. The van der Waals surface area contributed by atoms with E-state index < -0.39 is 0 Å². The van der Waals surface area contributed by atoms with E-state index in [1.54, 1.807) is 6.07 Å². The molecule has 0 aliphatic heterocycles. The minimum atomic E-state index is -0.303. The lowest BCUT2D eigenvalue weighted by Crippen LogP contribution is -2.32. The summed E-state index contributed by atoms with van der Waals surface area (Å²) in [4.78, 5) is 30.5. The molecule has 1 aromatic heterocycles. The minimum absolute atomic E-state index is 0.0696. The van der Waals surface area contributed by atoms with Gasteiger partial charge in [0.15, 0.2) is 0 Å². The summed E-state index contributed by atoms with van der Waals surface area (Å²) < 4.78 is 0. The van der Waals surface area contributed by atoms with Gasteiger partial charge in [0, 0.05) is 43.9 Å². The largest absolute Gasteiger partial charge is 0.378 e. The summed E-state index contributed by atoms with van der Waals surface area (Å²) in [5, 5.41) is 5.68. The van der Waals surface area contributed by atoms with Crippen LogP contribution in [0, 0.1) is 0 Å². The lowest BCUT2D eigenvalue weighted by molar-refractivity contribution is 0.0939. The highest BCUT2D eigenvalue weighted by molar-refractivity contribution is 6.05. The average molecular weight is 340 g/mol. The van der Waals surface area contributed by atoms with E-state index >= 15 is 0 Å². The second kappa shape index (κ2) is 8.28. The first-order valence-electron chi connectivity index (χ1n) is 8.25. The number of carbonyl (C=O) groups is 2. The number of anilines is 2. The molecule has 1 heterocycles. The molecule has 0 aliphatic rings. The lowest BCUT2D eigenvalue weighted by Gasteiger charge is -2.13. The molecule has 2 amide bonds. The van der Waals surface area contributed by atoms with Crippen LogP contribution in [-0.2, 0) is 0 Å². The normalized spacial score (nSPS) is 11.5. The number of hydrogen-bond acceptors (Lipinski definition) is 4. The van der Waals surface area contributed by atoms with Gasteiger partial charge in [-0.2, -0.15) is 0 Å². The van der Waals surface area contributed by atoms with Crippen molar-refractivity contribution in [1.29, 1.82) is 0 Å². The highest BCUT2D eigenvalue weighted by Crippen LogP contribution is 2.16. The second-order valence-electron chi connectivity index (χ2n) is 6.14. The fourth-order valence-corrected chi connectivity index (χ4v) is 2.14. The third-order valence-electron chi connectivity index (χ3n) is 3.89. The first-order chi connectivity index (χ1) is 11.9. The Morgan fingerprint density at radius 2 is 1.68 bits per heavy atom. The van der Waals surface area contributed by atoms with Crippen LogP contribution in [0.25, 0.3) is 0 Å². The zero-order chi connectivity index (χ0) is 18.4. The van der Waals surface area contributed by atoms with Crippen molar-refractivity contribution in [1.82, 2.24) is 10.3 Å². The topological polar surface area (TPSA) is 74.3 Å². The highest BCUT2D eigenvalue weighted by atomic mass is 16.2. The second-order valence-corrected chi connectivity index (χ2v) is 6.14. The smallest absolute Gasteiger partial charge is 0.257 e. The third-order valence-corrected chi connectivity index (χ3v) is 3.89. The van der Waals surface area contributed by atoms with Crippen molar-refractivity contribution in [3.63, 3.8) is 0 Å². The van der Waals surface area contributed by atoms with Crippen molar-refractivity contribution in [3.8, 4) is 0 Å². The Kier molecular flexibility index (Phi) is 6.11. The molecule has 0 fully saturated rings. The van der Waals surface area contributed by atoms with Crippen molar-refractivity contribution < 1.29 is 9.59 Å². The van der Waals surface area contributed by atoms with E-state index in [4.69, 9.17) is 0 Å². The maximum atomic E-state index is 12.4. The molecule has 6 nitrogen and oxygen atoms in total. The molecule has 0 radical (unpaired) electrons. The molecule has 0 saturated heterocycles. The predicted octanol–water partition coefficient (Wildman–Crippen LogP) is 2.93. The molecule has 0 spiro atoms. The molecule has 132 valence electrons. The van der Waals surface area contributed by atoms with Crippen LogP contribution in [0.2, 0.25) is 0 Å². The number of nitrogens with one attached hydrogen (secondary N) is 2. The van der Waals surface area contributed by atoms with Crippen molar-refractivity contribution in [2.24, 2.45) is 0 Å². The van der Waals surface area contributed by atoms with Gasteiger partial charge in [0.25, 0.3) is 11.8 Å². The van der Waals surface area contributed by atoms with Crippen LogP contribution in [0.15, 0.2) is 42.7 Å². The summed E-state index contributed by atoms with van der Waals surface area (Å²) in [6.45, 7) is 3.92. The Bertz CT molecular complexity index is 741. The van der Waals surface area contributed by atoms with Gasteiger partial charge in [-0.25, -0.2) is 0 Å². The first kappa shape index (κ1) is 18.4. The van der Waals surface area contributed by atoms with Crippen LogP contribution in [0.5, 0.6) is 0 Å². The number of carbonyl (C=O) groups excluding carboxylic acids is 2. The predicted molar refractivity (Wildman–Crippen MR) is 100 cm³/mol. The summed E-state index contributed by atoms with van der Waals surface area (Å²) in [7, 11) is 3.91. The van der Waals surface area contributed by atoms with Crippen molar-refractivity contribution in [2.75, 3.05) is 24.3 Å². The maximum absolute atomic E-state index is 12.4. The molecule has 0 aliphatic carbocycles. The Morgan fingerprint density at radius 3 is 2.24 bits per heavy atom. The van der Waals surface area contributed by atoms with E-state index in [1.165, 1.54) is 12.4 Å². The molecule has 1 atom stereocenters. The lowest BCUT2D eigenvalue weighted by atomic mass is 10.1. The summed E-state index contributed by atoms with van der Waals surface area (Å²) >= 11 is 0. The van der Waals surface area contributed by atoms with Gasteiger partial charge < -0.3 is 15.5 Å². The number of pyridine rings is 1. The van der Waals surface area contributed by atoms with Crippen LogP contribution in [0.1, 0.15) is 41.0 Å². The highest BCUT2D eigenvalue weighted by Gasteiger charge is 2.13. The Hall–Kier alpha value is -2.89. The molecule has 0 bridgehead atoms. The van der Waals surface area contributed by atoms with Gasteiger partial charge in [-0.15, -0.1) is 0 Å². The number of hydrogen-bond donors (Lipinski definition) is 2. The molecular weight excluding hydrogens is 316 g/mol. The summed E-state index contributed by atoms with van der Waals surface area (Å²) in [5.41, 5.74) is 2.44. The van der Waals surface area contributed by atoms with E-state index in [9.17, 15) is 9.59 Å². The fraction of sp³-hybridized carbons (Fsp3) is 0.316. The third kappa shape index (κ3) is 5.04. The first-order valence-corrected chi connectivity index (χ1v) is 8.25. The molecule has 2 rings (SSSR count). The molecular formula is C19H24N4O2. The SMILES string of the molecule is CCC(C)NC(=O)c1cncc(C(=O)Nc2ccc(N(C)C)cc2)c1. The number of amides is 2. The van der Waals surface area contributed by atoms with Gasteiger partial charge >= 0.3 is 0 Å². The number of benzene rings is 1. The molecule has 1 unspecified atom stereocenters. The van der Waals surface area contributed by atoms with Gasteiger partial charge in [0.2, 0.25) is 0 Å². The summed E-state index contributed by atoms with van der Waals surface area (Å²) in [5.74, 6) is -0.532.